The van der Waals surface area contributed by atoms with E-state index in [1.807, 2.05) is 12.1 Å². The number of piperidine rings is 3. The molecule has 3 saturated heterocycles. The van der Waals surface area contributed by atoms with E-state index in [-0.39, 0.29) is 24.1 Å². The van der Waals surface area contributed by atoms with Gasteiger partial charge in [-0.25, -0.2) is 9.18 Å². The molecule has 4 nitrogen and oxygen atoms in total. The highest BCUT2D eigenvalue weighted by atomic mass is 19.1. The molecule has 5 heteroatoms. The van der Waals surface area contributed by atoms with Crippen LogP contribution >= 0.6 is 0 Å². The number of aryl methyl sites for hydroxylation is 1. The molecule has 0 saturated carbocycles. The molecule has 0 spiro atoms. The lowest BCUT2D eigenvalue weighted by molar-refractivity contribution is -0.0339. The topological polar surface area (TPSA) is 41.6 Å². The van der Waals surface area contributed by atoms with E-state index in [2.05, 4.69) is 22.3 Å². The first-order valence-corrected chi connectivity index (χ1v) is 10.2. The van der Waals surface area contributed by atoms with Crippen LogP contribution < -0.4 is 5.32 Å². The summed E-state index contributed by atoms with van der Waals surface area (Å²) in [6.45, 7) is 3.14. The molecule has 2 bridgehead atoms. The standard InChI is InChI=1S/C23H25FN2O2/c24-19-3-1-2-16(13-19)17-4-6-20-18(12-17)5-7-21(20)25-23(27)28-22-14-26-10-8-15(22)9-11-26/h1-4,6,12-13,15,21-22H,5,7-11,14H2,(H,25,27)/t21?,22-/m1/s1. The normalized spacial score (nSPS) is 28.0. The van der Waals surface area contributed by atoms with Gasteiger partial charge in [-0.2, -0.15) is 0 Å². The van der Waals surface area contributed by atoms with Gasteiger partial charge < -0.3 is 10.1 Å². The highest BCUT2D eigenvalue weighted by Gasteiger charge is 2.37. The lowest BCUT2D eigenvalue weighted by Gasteiger charge is -2.43. The average Bonchev–Trinajstić information content (AvgIpc) is 3.11. The van der Waals surface area contributed by atoms with Gasteiger partial charge in [-0.1, -0.05) is 30.3 Å². The molecular formula is C23H25FN2O2. The van der Waals surface area contributed by atoms with Gasteiger partial charge in [0.15, 0.2) is 0 Å². The number of fused-ring (bicyclic) bond motifs is 4. The summed E-state index contributed by atoms with van der Waals surface area (Å²) in [5.41, 5.74) is 4.25. The Balaban J connectivity index is 1.26. The van der Waals surface area contributed by atoms with E-state index in [9.17, 15) is 9.18 Å². The second-order valence-electron chi connectivity index (χ2n) is 8.24. The molecule has 1 aliphatic carbocycles. The molecule has 2 aromatic carbocycles. The zero-order valence-corrected chi connectivity index (χ0v) is 15.9. The third-order valence-corrected chi connectivity index (χ3v) is 6.53. The number of carbonyl (C=O) groups excluding carboxylic acids is 1. The summed E-state index contributed by atoms with van der Waals surface area (Å²) in [5.74, 6) is 0.286. The number of hydrogen-bond donors (Lipinski definition) is 1. The Kier molecular flexibility index (Phi) is 4.55. The monoisotopic (exact) mass is 380 g/mol. The highest BCUT2D eigenvalue weighted by Crippen LogP contribution is 2.35. The van der Waals surface area contributed by atoms with Gasteiger partial charge in [0, 0.05) is 6.54 Å². The fourth-order valence-electron chi connectivity index (χ4n) is 4.97. The molecule has 0 aromatic heterocycles. The Morgan fingerprint density at radius 1 is 1.07 bits per heavy atom. The van der Waals surface area contributed by atoms with Crippen LogP contribution in [0.2, 0.25) is 0 Å². The SMILES string of the molecule is O=C(NC1CCc2cc(-c3cccc(F)c3)ccc21)O[C@@H]1CN2CCC1CC2. The Labute approximate surface area is 164 Å². The number of hydrogen-bond acceptors (Lipinski definition) is 3. The van der Waals surface area contributed by atoms with Crippen molar-refractivity contribution in [2.75, 3.05) is 19.6 Å². The summed E-state index contributed by atoms with van der Waals surface area (Å²) in [4.78, 5) is 14.9. The average molecular weight is 380 g/mol. The van der Waals surface area contributed by atoms with Gasteiger partial charge in [-0.15, -0.1) is 0 Å². The minimum absolute atomic E-state index is 0.00913. The largest absolute Gasteiger partial charge is 0.445 e. The molecular weight excluding hydrogens is 355 g/mol. The molecule has 3 aliphatic heterocycles. The molecule has 4 aliphatic rings. The summed E-state index contributed by atoms with van der Waals surface area (Å²) >= 11 is 0. The number of nitrogens with zero attached hydrogens (tertiary/aromatic N) is 1. The van der Waals surface area contributed by atoms with Crippen LogP contribution in [0.15, 0.2) is 42.5 Å². The number of benzene rings is 2. The fraction of sp³-hybridized carbons (Fsp3) is 0.435. The first-order chi connectivity index (χ1) is 13.7. The molecule has 2 atom stereocenters. The summed E-state index contributed by atoms with van der Waals surface area (Å²) in [6.07, 6.45) is 3.77. The number of alkyl carbamates (subject to hydrolysis) is 1. The van der Waals surface area contributed by atoms with Crippen LogP contribution in [0.25, 0.3) is 11.1 Å². The van der Waals surface area contributed by atoms with Gasteiger partial charge in [0.25, 0.3) is 0 Å². The molecule has 146 valence electrons. The van der Waals surface area contributed by atoms with E-state index in [0.717, 1.165) is 62.0 Å². The molecule has 1 amide bonds. The van der Waals surface area contributed by atoms with Crippen LogP contribution in [0, 0.1) is 11.7 Å². The number of rotatable bonds is 3. The van der Waals surface area contributed by atoms with Crippen molar-refractivity contribution in [3.63, 3.8) is 0 Å². The maximum atomic E-state index is 13.5. The predicted molar refractivity (Wildman–Crippen MR) is 105 cm³/mol. The molecule has 6 rings (SSSR count). The first-order valence-electron chi connectivity index (χ1n) is 10.2. The lowest BCUT2D eigenvalue weighted by atomic mass is 9.86. The zero-order valence-electron chi connectivity index (χ0n) is 15.9. The van der Waals surface area contributed by atoms with Gasteiger partial charge >= 0.3 is 6.09 Å². The number of ether oxygens (including phenoxy) is 1. The third-order valence-electron chi connectivity index (χ3n) is 6.53. The van der Waals surface area contributed by atoms with E-state index >= 15 is 0 Å². The number of carbonyl (C=O) groups is 1. The van der Waals surface area contributed by atoms with Crippen molar-refractivity contribution in [3.8, 4) is 11.1 Å². The van der Waals surface area contributed by atoms with E-state index in [0.29, 0.717) is 5.92 Å². The summed E-state index contributed by atoms with van der Waals surface area (Å²) in [5, 5.41) is 3.07. The molecule has 28 heavy (non-hydrogen) atoms. The third kappa shape index (κ3) is 3.39. The van der Waals surface area contributed by atoms with Crippen LogP contribution in [0.3, 0.4) is 0 Å². The molecule has 2 aromatic rings. The maximum absolute atomic E-state index is 13.5. The van der Waals surface area contributed by atoms with Crippen LogP contribution in [-0.2, 0) is 11.2 Å². The lowest BCUT2D eigenvalue weighted by Crippen LogP contribution is -2.52. The second-order valence-corrected chi connectivity index (χ2v) is 8.24. The molecule has 3 heterocycles. The van der Waals surface area contributed by atoms with Crippen molar-refractivity contribution in [2.24, 2.45) is 5.92 Å². The Hall–Kier alpha value is -2.40. The van der Waals surface area contributed by atoms with Crippen molar-refractivity contribution in [1.82, 2.24) is 10.2 Å². The van der Waals surface area contributed by atoms with Crippen molar-refractivity contribution < 1.29 is 13.9 Å². The fourth-order valence-corrected chi connectivity index (χ4v) is 4.97. The van der Waals surface area contributed by atoms with Gasteiger partial charge in [-0.05, 0) is 79.1 Å². The number of halogens is 1. The quantitative estimate of drug-likeness (QED) is 0.863. The Morgan fingerprint density at radius 2 is 1.89 bits per heavy atom. The van der Waals surface area contributed by atoms with Crippen molar-refractivity contribution in [1.29, 1.82) is 0 Å². The van der Waals surface area contributed by atoms with Gasteiger partial charge in [-0.3, -0.25) is 4.90 Å². The van der Waals surface area contributed by atoms with Gasteiger partial charge in [0.2, 0.25) is 0 Å². The van der Waals surface area contributed by atoms with E-state index in [1.54, 1.807) is 12.1 Å². The van der Waals surface area contributed by atoms with Crippen LogP contribution in [-0.4, -0.2) is 36.7 Å². The van der Waals surface area contributed by atoms with Gasteiger partial charge in [0.05, 0.1) is 6.04 Å². The maximum Gasteiger partial charge on any atom is 0.407 e. The minimum Gasteiger partial charge on any atom is -0.445 e. The summed E-state index contributed by atoms with van der Waals surface area (Å²) < 4.78 is 19.3. The first kappa shape index (κ1) is 17.7. The van der Waals surface area contributed by atoms with Crippen molar-refractivity contribution in [3.05, 3.63) is 59.4 Å². The molecule has 1 N–H and O–H groups in total. The minimum atomic E-state index is -0.300. The predicted octanol–water partition coefficient (Wildman–Crippen LogP) is 4.30. The van der Waals surface area contributed by atoms with Gasteiger partial charge in [0.1, 0.15) is 11.9 Å². The molecule has 1 unspecified atom stereocenters. The van der Waals surface area contributed by atoms with E-state index < -0.39 is 0 Å². The van der Waals surface area contributed by atoms with Crippen LogP contribution in [0.4, 0.5) is 9.18 Å². The summed E-state index contributed by atoms with van der Waals surface area (Å²) in [6, 6.07) is 12.8. The Morgan fingerprint density at radius 3 is 2.64 bits per heavy atom. The smallest absolute Gasteiger partial charge is 0.407 e. The van der Waals surface area contributed by atoms with Crippen molar-refractivity contribution >= 4 is 6.09 Å². The summed E-state index contributed by atoms with van der Waals surface area (Å²) in [7, 11) is 0. The van der Waals surface area contributed by atoms with Crippen molar-refractivity contribution in [2.45, 2.75) is 37.8 Å². The van der Waals surface area contributed by atoms with Crippen LogP contribution in [0.1, 0.15) is 36.4 Å². The number of amides is 1. The zero-order chi connectivity index (χ0) is 19.1. The Bertz CT molecular complexity index is 892. The molecule has 0 radical (unpaired) electrons. The number of nitrogens with one attached hydrogen (secondary N) is 1. The molecule has 3 fully saturated rings. The van der Waals surface area contributed by atoms with E-state index in [1.165, 1.54) is 11.6 Å². The van der Waals surface area contributed by atoms with Crippen LogP contribution in [0.5, 0.6) is 0 Å². The highest BCUT2D eigenvalue weighted by molar-refractivity contribution is 5.70. The second kappa shape index (κ2) is 7.21. The van der Waals surface area contributed by atoms with E-state index in [4.69, 9.17) is 4.74 Å².